The van der Waals surface area contributed by atoms with E-state index in [1.165, 1.54) is 55.3 Å². The number of fused-ring (bicyclic) bond motifs is 1. The molecule has 1 saturated carbocycles. The number of unbranched alkanes of at least 4 members (excludes halogenated alkanes) is 2. The van der Waals surface area contributed by atoms with Crippen LogP contribution in [0, 0.1) is 11.8 Å². The van der Waals surface area contributed by atoms with Gasteiger partial charge in [0.2, 0.25) is 0 Å². The van der Waals surface area contributed by atoms with Gasteiger partial charge in [-0.1, -0.05) is 63.8 Å². The molecule has 1 heterocycles. The van der Waals surface area contributed by atoms with Crippen molar-refractivity contribution in [2.45, 2.75) is 84.3 Å². The molecule has 1 unspecified atom stereocenters. The van der Waals surface area contributed by atoms with Gasteiger partial charge in [-0.05, 0) is 72.9 Å². The Morgan fingerprint density at radius 1 is 1.00 bits per heavy atom. The molecular weight excluding hydrogens is 396 g/mol. The van der Waals surface area contributed by atoms with Gasteiger partial charge in [-0.25, -0.2) is 0 Å². The van der Waals surface area contributed by atoms with Crippen molar-refractivity contribution in [1.29, 1.82) is 0 Å². The zero-order chi connectivity index (χ0) is 22.3. The van der Waals surface area contributed by atoms with Gasteiger partial charge >= 0.3 is 5.97 Å². The monoisotopic (exact) mass is 434 g/mol. The minimum Gasteiger partial charge on any atom is -0.426 e. The standard InChI is InChI=1S/C28H38N2O2/c1-3-5-6-7-21-8-11-23(12-9-21)28(31)32-25-15-13-22(14-16-25)27-29-19-24-18-20(4-2)10-17-26(24)30-27/h10,13-18,21,23,27,29-30H,3-9,11-12,19H2,1-2H3/t21-,23-,27?. The maximum absolute atomic E-state index is 12.7. The Labute approximate surface area is 193 Å². The number of nitrogens with one attached hydrogen (secondary N) is 2. The van der Waals surface area contributed by atoms with Crippen molar-refractivity contribution in [2.24, 2.45) is 11.8 Å². The third-order valence-corrected chi connectivity index (χ3v) is 7.20. The number of aryl methyl sites for hydroxylation is 1. The Morgan fingerprint density at radius 3 is 2.50 bits per heavy atom. The molecule has 1 atom stereocenters. The van der Waals surface area contributed by atoms with E-state index in [2.05, 4.69) is 42.7 Å². The Kier molecular flexibility index (Phi) is 7.85. The molecule has 2 N–H and O–H groups in total. The second-order valence-electron chi connectivity index (χ2n) is 9.51. The second kappa shape index (κ2) is 11.0. The van der Waals surface area contributed by atoms with E-state index in [0.717, 1.165) is 37.3 Å². The summed E-state index contributed by atoms with van der Waals surface area (Å²) < 4.78 is 5.73. The van der Waals surface area contributed by atoms with E-state index in [-0.39, 0.29) is 18.1 Å². The summed E-state index contributed by atoms with van der Waals surface area (Å²) >= 11 is 0. The van der Waals surface area contributed by atoms with Crippen molar-refractivity contribution in [2.75, 3.05) is 5.32 Å². The van der Waals surface area contributed by atoms with Crippen LogP contribution < -0.4 is 15.4 Å². The van der Waals surface area contributed by atoms with Crippen LogP contribution in [0.5, 0.6) is 5.75 Å². The number of anilines is 1. The molecule has 0 radical (unpaired) electrons. The summed E-state index contributed by atoms with van der Waals surface area (Å²) in [7, 11) is 0. The maximum Gasteiger partial charge on any atom is 0.314 e. The Bertz CT molecular complexity index is 885. The first-order valence-electron chi connectivity index (χ1n) is 12.6. The van der Waals surface area contributed by atoms with Crippen LogP contribution in [-0.4, -0.2) is 5.97 Å². The fourth-order valence-corrected chi connectivity index (χ4v) is 5.07. The number of carbonyl (C=O) groups excluding carboxylic acids is 1. The molecule has 1 aliphatic carbocycles. The molecule has 4 rings (SSSR count). The zero-order valence-corrected chi connectivity index (χ0v) is 19.7. The van der Waals surface area contributed by atoms with E-state index in [0.29, 0.717) is 5.75 Å². The SMILES string of the molecule is CCCCC[C@H]1CC[C@H](C(=O)Oc2ccc(C3NCc4cc(CC)ccc4N3)cc2)CC1. The highest BCUT2D eigenvalue weighted by atomic mass is 16.5. The predicted molar refractivity (Wildman–Crippen MR) is 131 cm³/mol. The molecule has 2 aliphatic rings. The molecule has 2 aromatic rings. The summed E-state index contributed by atoms with van der Waals surface area (Å²) in [5, 5.41) is 7.14. The molecule has 0 amide bonds. The Hall–Kier alpha value is -2.33. The maximum atomic E-state index is 12.7. The van der Waals surface area contributed by atoms with Crippen LogP contribution in [-0.2, 0) is 17.8 Å². The zero-order valence-electron chi connectivity index (χ0n) is 19.7. The highest BCUT2D eigenvalue weighted by Crippen LogP contribution is 2.33. The van der Waals surface area contributed by atoms with Crippen LogP contribution >= 0.6 is 0 Å². The summed E-state index contributed by atoms with van der Waals surface area (Å²) in [6.07, 6.45) is 10.7. The van der Waals surface area contributed by atoms with Crippen molar-refractivity contribution in [1.82, 2.24) is 5.32 Å². The molecule has 2 aromatic carbocycles. The van der Waals surface area contributed by atoms with Crippen LogP contribution in [0.3, 0.4) is 0 Å². The van der Waals surface area contributed by atoms with E-state index in [9.17, 15) is 4.79 Å². The first-order valence-corrected chi connectivity index (χ1v) is 12.6. The quantitative estimate of drug-likeness (QED) is 0.274. The highest BCUT2D eigenvalue weighted by molar-refractivity contribution is 5.75. The van der Waals surface area contributed by atoms with Crippen molar-refractivity contribution >= 4 is 11.7 Å². The van der Waals surface area contributed by atoms with Gasteiger partial charge in [0, 0.05) is 12.2 Å². The summed E-state index contributed by atoms with van der Waals surface area (Å²) in [5.41, 5.74) is 5.00. The van der Waals surface area contributed by atoms with Crippen molar-refractivity contribution < 1.29 is 9.53 Å². The Morgan fingerprint density at radius 2 is 1.78 bits per heavy atom. The van der Waals surface area contributed by atoms with E-state index in [4.69, 9.17) is 4.74 Å². The lowest BCUT2D eigenvalue weighted by Gasteiger charge is -2.29. The van der Waals surface area contributed by atoms with Gasteiger partial charge in [-0.3, -0.25) is 10.1 Å². The van der Waals surface area contributed by atoms with E-state index >= 15 is 0 Å². The second-order valence-corrected chi connectivity index (χ2v) is 9.51. The van der Waals surface area contributed by atoms with Gasteiger partial charge in [-0.2, -0.15) is 0 Å². The van der Waals surface area contributed by atoms with E-state index in [1.807, 2.05) is 24.3 Å². The predicted octanol–water partition coefficient (Wildman–Crippen LogP) is 6.76. The molecule has 1 aliphatic heterocycles. The minimum atomic E-state index is -0.0562. The molecule has 0 saturated heterocycles. The normalized spacial score (nSPS) is 22.6. The van der Waals surface area contributed by atoms with Gasteiger partial charge in [0.1, 0.15) is 11.9 Å². The number of carbonyl (C=O) groups is 1. The van der Waals surface area contributed by atoms with Crippen LogP contribution in [0.4, 0.5) is 5.69 Å². The van der Waals surface area contributed by atoms with Gasteiger partial charge in [-0.15, -0.1) is 0 Å². The van der Waals surface area contributed by atoms with Crippen LogP contribution in [0.2, 0.25) is 0 Å². The lowest BCUT2D eigenvalue weighted by atomic mass is 9.80. The Balaban J connectivity index is 1.27. The van der Waals surface area contributed by atoms with Gasteiger partial charge in [0.05, 0.1) is 5.92 Å². The molecule has 0 spiro atoms. The number of hydrogen-bond acceptors (Lipinski definition) is 4. The average molecular weight is 435 g/mol. The molecule has 4 nitrogen and oxygen atoms in total. The number of esters is 1. The summed E-state index contributed by atoms with van der Waals surface area (Å²) in [6, 6.07) is 14.6. The fourth-order valence-electron chi connectivity index (χ4n) is 5.07. The number of hydrogen-bond donors (Lipinski definition) is 2. The molecule has 0 aromatic heterocycles. The summed E-state index contributed by atoms with van der Waals surface area (Å²) in [5.74, 6) is 1.45. The molecule has 32 heavy (non-hydrogen) atoms. The van der Waals surface area contributed by atoms with Crippen LogP contribution in [0.25, 0.3) is 0 Å². The molecule has 4 heteroatoms. The third kappa shape index (κ3) is 5.72. The molecule has 1 fully saturated rings. The largest absolute Gasteiger partial charge is 0.426 e. The minimum absolute atomic E-state index is 0.0562. The number of ether oxygens (including phenoxy) is 1. The van der Waals surface area contributed by atoms with Crippen molar-refractivity contribution in [3.8, 4) is 5.75 Å². The number of rotatable bonds is 8. The van der Waals surface area contributed by atoms with Crippen LogP contribution in [0.1, 0.15) is 88.1 Å². The summed E-state index contributed by atoms with van der Waals surface area (Å²) in [4.78, 5) is 12.7. The fraction of sp³-hybridized carbons (Fsp3) is 0.536. The first kappa shape index (κ1) is 22.8. The van der Waals surface area contributed by atoms with Gasteiger partial charge in [0.25, 0.3) is 0 Å². The third-order valence-electron chi connectivity index (χ3n) is 7.20. The lowest BCUT2D eigenvalue weighted by Crippen LogP contribution is -2.32. The van der Waals surface area contributed by atoms with Gasteiger partial charge in [0.15, 0.2) is 0 Å². The van der Waals surface area contributed by atoms with Crippen molar-refractivity contribution in [3.05, 3.63) is 59.2 Å². The molecular formula is C28H38N2O2. The average Bonchev–Trinajstić information content (AvgIpc) is 2.84. The van der Waals surface area contributed by atoms with Crippen molar-refractivity contribution in [3.63, 3.8) is 0 Å². The summed E-state index contributed by atoms with van der Waals surface area (Å²) in [6.45, 7) is 5.28. The van der Waals surface area contributed by atoms with E-state index < -0.39 is 0 Å². The van der Waals surface area contributed by atoms with Crippen LogP contribution in [0.15, 0.2) is 42.5 Å². The topological polar surface area (TPSA) is 50.4 Å². The molecule has 172 valence electrons. The number of benzene rings is 2. The highest BCUT2D eigenvalue weighted by Gasteiger charge is 2.27. The molecule has 0 bridgehead atoms. The van der Waals surface area contributed by atoms with Gasteiger partial charge < -0.3 is 10.1 Å². The first-order chi connectivity index (χ1) is 15.7. The van der Waals surface area contributed by atoms with E-state index in [1.54, 1.807) is 0 Å². The smallest absolute Gasteiger partial charge is 0.314 e. The lowest BCUT2D eigenvalue weighted by molar-refractivity contribution is -0.140.